The first kappa shape index (κ1) is 4.39. The van der Waals surface area contributed by atoms with Crippen LogP contribution in [0.25, 0.3) is 0 Å². The summed E-state index contributed by atoms with van der Waals surface area (Å²) in [7, 11) is 0. The first-order valence-electron chi connectivity index (χ1n) is 2.59. The van der Waals surface area contributed by atoms with E-state index in [0.717, 1.165) is 18.4 Å². The van der Waals surface area contributed by atoms with Gasteiger partial charge in [-0.25, -0.2) is 0 Å². The first-order valence-corrected chi connectivity index (χ1v) is 3.41. The van der Waals surface area contributed by atoms with Crippen molar-refractivity contribution in [3.8, 4) is 5.06 Å². The van der Waals surface area contributed by atoms with Crippen LogP contribution in [0.15, 0.2) is 0 Å². The second kappa shape index (κ2) is 1.26. The molecule has 0 bridgehead atoms. The van der Waals surface area contributed by atoms with Gasteiger partial charge >= 0.3 is 0 Å². The number of aromatic hydroxyl groups is 1. The molecule has 0 fully saturated rings. The topological polar surface area (TPSA) is 20.2 Å². The van der Waals surface area contributed by atoms with Crippen molar-refractivity contribution in [2.75, 3.05) is 0 Å². The zero-order valence-electron chi connectivity index (χ0n) is 4.27. The third-order valence-corrected chi connectivity index (χ3v) is 2.31. The quantitative estimate of drug-likeness (QED) is 0.555. The van der Waals surface area contributed by atoms with Crippen LogP contribution in [0.4, 0.5) is 0 Å². The van der Waals surface area contributed by atoms with E-state index in [1.165, 1.54) is 16.9 Å². The van der Waals surface area contributed by atoms with Crippen molar-refractivity contribution in [1.29, 1.82) is 0 Å². The van der Waals surface area contributed by atoms with Crippen LogP contribution < -0.4 is 0 Å². The van der Waals surface area contributed by atoms with Crippen LogP contribution in [0.2, 0.25) is 0 Å². The third kappa shape index (κ3) is 0.364. The Bertz CT molecular complexity index is 201. The number of thiophene rings is 1. The van der Waals surface area contributed by atoms with Crippen LogP contribution in [0, 0.1) is 5.38 Å². The van der Waals surface area contributed by atoms with Crippen LogP contribution in [0.3, 0.4) is 0 Å². The molecule has 41 valence electrons. The molecule has 0 saturated carbocycles. The number of fused-ring (bicyclic) bond motifs is 1. The second-order valence-corrected chi connectivity index (χ2v) is 2.76. The fourth-order valence-corrected chi connectivity index (χ4v) is 1.69. The van der Waals surface area contributed by atoms with Gasteiger partial charge in [0, 0.05) is 5.56 Å². The zero-order chi connectivity index (χ0) is 5.56. The van der Waals surface area contributed by atoms with E-state index >= 15 is 0 Å². The number of rotatable bonds is 0. The molecule has 0 aliphatic heterocycles. The molecule has 0 saturated heterocycles. The largest absolute Gasteiger partial charge is 0.499 e. The minimum absolute atomic E-state index is 0.478. The highest BCUT2D eigenvalue weighted by atomic mass is 32.1. The van der Waals surface area contributed by atoms with Gasteiger partial charge in [-0.05, 0) is 18.4 Å². The molecule has 2 heteroatoms. The van der Waals surface area contributed by atoms with Crippen molar-refractivity contribution in [3.05, 3.63) is 16.5 Å². The molecule has 1 nitrogen and oxygen atoms in total. The maximum atomic E-state index is 8.98. The average Bonchev–Trinajstić information content (AvgIpc) is 1.80. The van der Waals surface area contributed by atoms with Crippen LogP contribution in [0.5, 0.6) is 5.06 Å². The van der Waals surface area contributed by atoms with Crippen molar-refractivity contribution in [1.82, 2.24) is 0 Å². The summed E-state index contributed by atoms with van der Waals surface area (Å²) in [6, 6.07) is 0. The maximum Gasteiger partial charge on any atom is 0.175 e. The van der Waals surface area contributed by atoms with Gasteiger partial charge in [-0.3, -0.25) is 0 Å². The van der Waals surface area contributed by atoms with Gasteiger partial charge in [0.05, 0.1) is 5.38 Å². The highest BCUT2D eigenvalue weighted by molar-refractivity contribution is 7.11. The van der Waals surface area contributed by atoms with Crippen LogP contribution in [-0.2, 0) is 12.8 Å². The predicted molar refractivity (Wildman–Crippen MR) is 32.2 cm³/mol. The van der Waals surface area contributed by atoms with E-state index in [-0.39, 0.29) is 0 Å². The minimum atomic E-state index is 0.478. The number of hydrogen-bond acceptors (Lipinski definition) is 2. The van der Waals surface area contributed by atoms with Gasteiger partial charge in [-0.15, -0.1) is 0 Å². The lowest BCUT2D eigenvalue weighted by Crippen LogP contribution is -2.03. The summed E-state index contributed by atoms with van der Waals surface area (Å²) in [5.41, 5.74) is 2.36. The summed E-state index contributed by atoms with van der Waals surface area (Å²) < 4.78 is 0. The fourth-order valence-electron chi connectivity index (χ4n) is 0.895. The van der Waals surface area contributed by atoms with E-state index in [2.05, 4.69) is 5.38 Å². The van der Waals surface area contributed by atoms with Gasteiger partial charge in [0.25, 0.3) is 0 Å². The summed E-state index contributed by atoms with van der Waals surface area (Å²) >= 11 is 1.32. The van der Waals surface area contributed by atoms with Gasteiger partial charge in [0.2, 0.25) is 0 Å². The molecule has 1 heterocycles. The van der Waals surface area contributed by atoms with Gasteiger partial charge in [-0.1, -0.05) is 11.3 Å². The zero-order valence-corrected chi connectivity index (χ0v) is 5.09. The second-order valence-electron chi connectivity index (χ2n) is 1.97. The lowest BCUT2D eigenvalue weighted by molar-refractivity contribution is 0.479. The smallest absolute Gasteiger partial charge is 0.175 e. The van der Waals surface area contributed by atoms with E-state index in [0.29, 0.717) is 5.06 Å². The third-order valence-electron chi connectivity index (χ3n) is 1.52. The summed E-state index contributed by atoms with van der Waals surface area (Å²) in [6.07, 6.45) is 2.17. The summed E-state index contributed by atoms with van der Waals surface area (Å²) in [4.78, 5) is 0. The standard InChI is InChI=1S/C6H5OS/c7-6-5-2-1-4(5)3-8-6/h7H,1-2H2. The molecule has 0 spiro atoms. The molecule has 0 amide bonds. The van der Waals surface area contributed by atoms with Gasteiger partial charge in [-0.2, -0.15) is 0 Å². The van der Waals surface area contributed by atoms with Gasteiger partial charge in [0.1, 0.15) is 0 Å². The lowest BCUT2D eigenvalue weighted by atomic mass is 9.93. The number of aryl methyl sites for hydroxylation is 1. The number of hydrogen-bond donors (Lipinski definition) is 1. The van der Waals surface area contributed by atoms with E-state index < -0.39 is 0 Å². The highest BCUT2D eigenvalue weighted by Crippen LogP contribution is 2.36. The van der Waals surface area contributed by atoms with Crippen molar-refractivity contribution in [2.24, 2.45) is 0 Å². The summed E-state index contributed by atoms with van der Waals surface area (Å²) in [6.45, 7) is 0. The summed E-state index contributed by atoms with van der Waals surface area (Å²) in [5, 5.41) is 12.5. The fraction of sp³-hybridized carbons (Fsp3) is 0.333. The SMILES string of the molecule is Oc1s[c]c2c1CC2. The Balaban J connectivity index is 2.66. The van der Waals surface area contributed by atoms with Crippen molar-refractivity contribution >= 4 is 11.3 Å². The molecule has 1 radical (unpaired) electrons. The summed E-state index contributed by atoms with van der Waals surface area (Å²) in [5.74, 6) is 0. The Labute approximate surface area is 51.6 Å². The van der Waals surface area contributed by atoms with Gasteiger partial charge in [0.15, 0.2) is 5.06 Å². The highest BCUT2D eigenvalue weighted by Gasteiger charge is 2.18. The van der Waals surface area contributed by atoms with E-state index in [1.807, 2.05) is 0 Å². The average molecular weight is 125 g/mol. The maximum absolute atomic E-state index is 8.98. The van der Waals surface area contributed by atoms with Crippen molar-refractivity contribution < 1.29 is 5.11 Å². The first-order chi connectivity index (χ1) is 3.88. The molecule has 1 N–H and O–H groups in total. The molecule has 0 aromatic carbocycles. The van der Waals surface area contributed by atoms with E-state index in [9.17, 15) is 0 Å². The minimum Gasteiger partial charge on any atom is -0.499 e. The molecule has 8 heavy (non-hydrogen) atoms. The molecule has 0 unspecified atom stereocenters. The Hall–Kier alpha value is -0.500. The predicted octanol–water partition coefficient (Wildman–Crippen LogP) is 1.35. The van der Waals surface area contributed by atoms with Crippen molar-refractivity contribution in [2.45, 2.75) is 12.8 Å². The Morgan fingerprint density at radius 1 is 1.50 bits per heavy atom. The van der Waals surface area contributed by atoms with Gasteiger partial charge < -0.3 is 5.11 Å². The molecule has 1 aromatic rings. The molecule has 0 atom stereocenters. The Kier molecular flexibility index (Phi) is 0.690. The molecule has 2 rings (SSSR count). The van der Waals surface area contributed by atoms with Crippen LogP contribution in [-0.4, -0.2) is 5.11 Å². The van der Waals surface area contributed by atoms with Crippen molar-refractivity contribution in [3.63, 3.8) is 0 Å². The van der Waals surface area contributed by atoms with Crippen LogP contribution >= 0.6 is 11.3 Å². The molecule has 1 aliphatic carbocycles. The molecular weight excluding hydrogens is 120 g/mol. The normalized spacial score (nSPS) is 15.0. The lowest BCUT2D eigenvalue weighted by Gasteiger charge is -2.10. The van der Waals surface area contributed by atoms with Crippen LogP contribution in [0.1, 0.15) is 11.1 Å². The molecule has 1 aromatic heterocycles. The monoisotopic (exact) mass is 125 g/mol. The molecular formula is C6H5OS. The Morgan fingerprint density at radius 3 is 2.62 bits per heavy atom. The Morgan fingerprint density at radius 2 is 2.38 bits per heavy atom. The molecule has 1 aliphatic rings. The van der Waals surface area contributed by atoms with E-state index in [4.69, 9.17) is 5.11 Å². The van der Waals surface area contributed by atoms with E-state index in [1.54, 1.807) is 0 Å².